The van der Waals surface area contributed by atoms with Crippen molar-refractivity contribution >= 4 is 31.8 Å². The summed E-state index contributed by atoms with van der Waals surface area (Å²) in [5.74, 6) is 3.20. The van der Waals surface area contributed by atoms with E-state index in [9.17, 15) is 0 Å². The van der Waals surface area contributed by atoms with Crippen molar-refractivity contribution < 1.29 is 4.43 Å². The summed E-state index contributed by atoms with van der Waals surface area (Å²) in [5, 5.41) is 0. The molecule has 4 heteroatoms. The maximum atomic E-state index is 6.25. The van der Waals surface area contributed by atoms with Gasteiger partial charge in [0.25, 0.3) is 0 Å². The van der Waals surface area contributed by atoms with Gasteiger partial charge in [0.2, 0.25) is 0 Å². The number of hydrogen-bond donors (Lipinski definition) is 0. The lowest BCUT2D eigenvalue weighted by Crippen LogP contribution is -2.56. The van der Waals surface area contributed by atoms with Gasteiger partial charge in [-0.1, -0.05) is 6.08 Å². The van der Waals surface area contributed by atoms with Crippen LogP contribution < -0.4 is 0 Å². The van der Waals surface area contributed by atoms with E-state index in [1.807, 2.05) is 0 Å². The molecule has 1 saturated carbocycles. The Balaban J connectivity index is 1.99. The summed E-state index contributed by atoms with van der Waals surface area (Å²) in [6.07, 6.45) is 5.17. The summed E-state index contributed by atoms with van der Waals surface area (Å²) in [7, 11) is -1.39. The van der Waals surface area contributed by atoms with E-state index >= 15 is 0 Å². The molecule has 92 valence electrons. The van der Waals surface area contributed by atoms with Gasteiger partial charge in [-0.3, -0.25) is 0 Å². The van der Waals surface area contributed by atoms with Crippen LogP contribution in [-0.4, -0.2) is 30.0 Å². The van der Waals surface area contributed by atoms with Gasteiger partial charge in [0, 0.05) is 5.92 Å². The first-order valence-electron chi connectivity index (χ1n) is 6.05. The van der Waals surface area contributed by atoms with Crippen molar-refractivity contribution in [2.75, 3.05) is 11.5 Å². The first-order chi connectivity index (χ1) is 7.47. The first-order valence-corrected chi connectivity index (χ1v) is 11.4. The van der Waals surface area contributed by atoms with Gasteiger partial charge >= 0.3 is 0 Å². The predicted octanol–water partition coefficient (Wildman–Crippen LogP) is 3.98. The second-order valence-electron chi connectivity index (χ2n) is 5.60. The van der Waals surface area contributed by atoms with E-state index in [1.54, 1.807) is 0 Å². The Morgan fingerprint density at radius 3 is 2.44 bits per heavy atom. The molecule has 0 aromatic carbocycles. The Bertz CT molecular complexity index is 269. The number of rotatable bonds is 3. The zero-order chi connectivity index (χ0) is 11.8. The number of thioether (sulfide) groups is 2. The van der Waals surface area contributed by atoms with Crippen LogP contribution in [0.3, 0.4) is 0 Å². The lowest BCUT2D eigenvalue weighted by Gasteiger charge is -2.55. The maximum Gasteiger partial charge on any atom is 0.184 e. The molecular formula is C12H22OS2Si. The highest BCUT2D eigenvalue weighted by Gasteiger charge is 2.55. The molecular weight excluding hydrogens is 252 g/mol. The fourth-order valence-electron chi connectivity index (χ4n) is 2.47. The molecule has 1 aliphatic heterocycles. The minimum absolute atomic E-state index is 0.421. The average molecular weight is 275 g/mol. The molecule has 0 amide bonds. The van der Waals surface area contributed by atoms with E-state index in [4.69, 9.17) is 4.43 Å². The molecule has 2 rings (SSSR count). The molecule has 0 aromatic rings. The Hall–Kier alpha value is 0.617. The Morgan fingerprint density at radius 2 is 1.94 bits per heavy atom. The van der Waals surface area contributed by atoms with Gasteiger partial charge in [-0.25, -0.2) is 0 Å². The second kappa shape index (κ2) is 4.71. The highest BCUT2D eigenvalue weighted by atomic mass is 32.2. The van der Waals surface area contributed by atoms with Gasteiger partial charge in [-0.2, -0.15) is 0 Å². The Labute approximate surface area is 109 Å². The molecule has 0 N–H and O–H groups in total. The van der Waals surface area contributed by atoms with Crippen molar-refractivity contribution in [2.45, 2.75) is 42.7 Å². The van der Waals surface area contributed by atoms with Crippen LogP contribution in [0, 0.1) is 5.92 Å². The number of hydrogen-bond acceptors (Lipinski definition) is 3. The zero-order valence-electron chi connectivity index (χ0n) is 10.5. The standard InChI is InChI=1S/C12H22OS2Si/c1-5-10-11(13-16(2,3)4)9-12(10)14-7-6-8-15-12/h5,10-11H,1,6-9H2,2-4H3/t10-,11-/m0/s1. The van der Waals surface area contributed by atoms with Crippen molar-refractivity contribution in [3.8, 4) is 0 Å². The molecule has 1 spiro atoms. The highest BCUT2D eigenvalue weighted by Crippen LogP contribution is 2.60. The lowest BCUT2D eigenvalue weighted by atomic mass is 9.80. The molecule has 0 unspecified atom stereocenters. The van der Waals surface area contributed by atoms with E-state index in [2.05, 4.69) is 55.8 Å². The normalized spacial score (nSPS) is 33.4. The maximum absolute atomic E-state index is 6.25. The minimum atomic E-state index is -1.39. The molecule has 0 aromatic heterocycles. The van der Waals surface area contributed by atoms with Gasteiger partial charge in [0.1, 0.15) is 0 Å². The van der Waals surface area contributed by atoms with Crippen LogP contribution in [0.1, 0.15) is 12.8 Å². The van der Waals surface area contributed by atoms with Gasteiger partial charge in [0.15, 0.2) is 8.32 Å². The van der Waals surface area contributed by atoms with E-state index in [-0.39, 0.29) is 0 Å². The van der Waals surface area contributed by atoms with Crippen molar-refractivity contribution in [3.05, 3.63) is 12.7 Å². The highest BCUT2D eigenvalue weighted by molar-refractivity contribution is 8.18. The summed E-state index contributed by atoms with van der Waals surface area (Å²) >= 11 is 4.28. The summed E-state index contributed by atoms with van der Waals surface area (Å²) in [6, 6.07) is 0. The molecule has 1 aliphatic carbocycles. The van der Waals surface area contributed by atoms with Gasteiger partial charge in [-0.15, -0.1) is 30.1 Å². The second-order valence-corrected chi connectivity index (χ2v) is 13.2. The van der Waals surface area contributed by atoms with Crippen LogP contribution in [0.25, 0.3) is 0 Å². The van der Waals surface area contributed by atoms with Gasteiger partial charge in [-0.05, 0) is 44.0 Å². The van der Waals surface area contributed by atoms with E-state index in [0.717, 1.165) is 0 Å². The smallest absolute Gasteiger partial charge is 0.184 e. The Kier molecular flexibility index (Phi) is 3.84. The fraction of sp³-hybridized carbons (Fsp3) is 0.833. The molecule has 1 nitrogen and oxygen atoms in total. The quantitative estimate of drug-likeness (QED) is 0.569. The van der Waals surface area contributed by atoms with Crippen LogP contribution in [-0.2, 0) is 4.43 Å². The summed E-state index contributed by atoms with van der Waals surface area (Å²) < 4.78 is 6.67. The van der Waals surface area contributed by atoms with Crippen LogP contribution in [0.2, 0.25) is 19.6 Å². The van der Waals surface area contributed by atoms with Crippen LogP contribution in [0.15, 0.2) is 12.7 Å². The van der Waals surface area contributed by atoms with E-state index in [1.165, 1.54) is 24.3 Å². The van der Waals surface area contributed by atoms with Crippen molar-refractivity contribution in [3.63, 3.8) is 0 Å². The largest absolute Gasteiger partial charge is 0.414 e. The molecule has 0 bridgehead atoms. The topological polar surface area (TPSA) is 9.23 Å². The van der Waals surface area contributed by atoms with Crippen LogP contribution >= 0.6 is 23.5 Å². The molecule has 16 heavy (non-hydrogen) atoms. The molecule has 1 saturated heterocycles. The van der Waals surface area contributed by atoms with E-state index < -0.39 is 8.32 Å². The van der Waals surface area contributed by atoms with Crippen LogP contribution in [0.5, 0.6) is 0 Å². The predicted molar refractivity (Wildman–Crippen MR) is 78.8 cm³/mol. The van der Waals surface area contributed by atoms with E-state index in [0.29, 0.717) is 16.1 Å². The fourth-order valence-corrected chi connectivity index (χ4v) is 7.34. The third-order valence-electron chi connectivity index (χ3n) is 3.13. The van der Waals surface area contributed by atoms with Crippen molar-refractivity contribution in [2.24, 2.45) is 5.92 Å². The molecule has 0 radical (unpaired) electrons. The van der Waals surface area contributed by atoms with Gasteiger partial charge in [0.05, 0.1) is 10.2 Å². The first kappa shape index (κ1) is 13.1. The van der Waals surface area contributed by atoms with Crippen molar-refractivity contribution in [1.29, 1.82) is 0 Å². The molecule has 2 atom stereocenters. The monoisotopic (exact) mass is 274 g/mol. The molecule has 1 heterocycles. The summed E-state index contributed by atoms with van der Waals surface area (Å²) in [6.45, 7) is 10.9. The minimum Gasteiger partial charge on any atom is -0.414 e. The van der Waals surface area contributed by atoms with Gasteiger partial charge < -0.3 is 4.43 Å². The molecule has 2 fully saturated rings. The lowest BCUT2D eigenvalue weighted by molar-refractivity contribution is 0.0623. The zero-order valence-corrected chi connectivity index (χ0v) is 13.1. The van der Waals surface area contributed by atoms with Crippen molar-refractivity contribution in [1.82, 2.24) is 0 Å². The SMILES string of the molecule is C=C[C@H]1[C@@H](O[Si](C)(C)C)CC12SCCCS2. The third kappa shape index (κ3) is 2.55. The van der Waals surface area contributed by atoms with Crippen LogP contribution in [0.4, 0.5) is 0 Å². The third-order valence-corrected chi connectivity index (χ3v) is 7.69. The summed E-state index contributed by atoms with van der Waals surface area (Å²) in [5.41, 5.74) is 0. The Morgan fingerprint density at radius 1 is 1.31 bits per heavy atom. The molecule has 2 aliphatic rings. The summed E-state index contributed by atoms with van der Waals surface area (Å²) in [4.78, 5) is 0. The average Bonchev–Trinajstić information content (AvgIpc) is 2.16.